The van der Waals surface area contributed by atoms with Gasteiger partial charge in [0.1, 0.15) is 0 Å². The molecule has 2 aromatic rings. The Kier molecular flexibility index (Phi) is 7.42. The van der Waals surface area contributed by atoms with E-state index >= 15 is 0 Å². The number of rotatable bonds is 3. The second kappa shape index (κ2) is 10.0. The van der Waals surface area contributed by atoms with E-state index in [4.69, 9.17) is 9.90 Å². The summed E-state index contributed by atoms with van der Waals surface area (Å²) in [5.74, 6) is -1.87. The van der Waals surface area contributed by atoms with Crippen LogP contribution in [-0.4, -0.2) is 63.3 Å². The van der Waals surface area contributed by atoms with Gasteiger partial charge in [0.05, 0.1) is 0 Å². The van der Waals surface area contributed by atoms with Crippen molar-refractivity contribution in [3.05, 3.63) is 48.5 Å². The Labute approximate surface area is 178 Å². The summed E-state index contributed by atoms with van der Waals surface area (Å²) in [5, 5.41) is 7.12. The van der Waals surface area contributed by atoms with E-state index in [-0.39, 0.29) is 0 Å². The first-order valence-corrected chi connectivity index (χ1v) is 10.2. The Balaban J connectivity index is 0.000000339. The molecule has 1 spiro atoms. The quantitative estimate of drug-likeness (QED) is 0.788. The summed E-state index contributed by atoms with van der Waals surface area (Å²) < 4.78 is 31.7. The van der Waals surface area contributed by atoms with Crippen molar-refractivity contribution in [3.63, 3.8) is 0 Å². The summed E-state index contributed by atoms with van der Waals surface area (Å²) in [4.78, 5) is 26.8. The number of hydrogen-bond acceptors (Lipinski definition) is 6. The summed E-state index contributed by atoms with van der Waals surface area (Å²) in [6.07, 6.45) is 7.56. The third kappa shape index (κ3) is 6.61. The van der Waals surface area contributed by atoms with Gasteiger partial charge in [-0.15, -0.1) is 0 Å². The number of alkyl halides is 3. The van der Waals surface area contributed by atoms with E-state index in [0.29, 0.717) is 5.41 Å². The number of piperidine rings is 2. The Hall–Kier alpha value is -2.75. The van der Waals surface area contributed by atoms with E-state index in [0.717, 1.165) is 25.6 Å². The fourth-order valence-electron chi connectivity index (χ4n) is 4.24. The Bertz CT molecular complexity index is 828. The third-order valence-corrected chi connectivity index (χ3v) is 5.80. The first-order valence-electron chi connectivity index (χ1n) is 10.2. The molecule has 0 aliphatic carbocycles. The van der Waals surface area contributed by atoms with E-state index in [1.807, 2.05) is 30.9 Å². The van der Waals surface area contributed by atoms with Gasteiger partial charge in [0.25, 0.3) is 0 Å². The van der Waals surface area contributed by atoms with E-state index in [1.165, 1.54) is 44.3 Å². The van der Waals surface area contributed by atoms with Crippen LogP contribution in [0.1, 0.15) is 31.2 Å². The van der Waals surface area contributed by atoms with E-state index < -0.39 is 12.1 Å². The molecular formula is C21H26F3N5O2. The average molecular weight is 437 g/mol. The Morgan fingerprint density at radius 1 is 1.03 bits per heavy atom. The van der Waals surface area contributed by atoms with Gasteiger partial charge in [0.2, 0.25) is 5.95 Å². The predicted molar refractivity (Wildman–Crippen MR) is 108 cm³/mol. The second-order valence-electron chi connectivity index (χ2n) is 8.01. The van der Waals surface area contributed by atoms with Crippen LogP contribution < -0.4 is 4.90 Å². The van der Waals surface area contributed by atoms with Crippen molar-refractivity contribution in [2.45, 2.75) is 38.4 Å². The van der Waals surface area contributed by atoms with Crippen molar-refractivity contribution < 1.29 is 23.1 Å². The average Bonchev–Trinajstić information content (AvgIpc) is 2.76. The van der Waals surface area contributed by atoms with Gasteiger partial charge < -0.3 is 10.0 Å². The van der Waals surface area contributed by atoms with E-state index in [9.17, 15) is 13.2 Å². The number of aliphatic carboxylic acids is 1. The lowest BCUT2D eigenvalue weighted by atomic mass is 9.72. The molecule has 1 N–H and O–H groups in total. The third-order valence-electron chi connectivity index (χ3n) is 5.80. The Morgan fingerprint density at radius 3 is 2.23 bits per heavy atom. The summed E-state index contributed by atoms with van der Waals surface area (Å²) in [7, 11) is 0. The maximum Gasteiger partial charge on any atom is 0.490 e. The number of nitrogens with zero attached hydrogens (tertiary/aromatic N) is 5. The molecule has 2 fully saturated rings. The molecule has 7 nitrogen and oxygen atoms in total. The number of carboxylic acids is 1. The van der Waals surface area contributed by atoms with Crippen LogP contribution in [-0.2, 0) is 11.3 Å². The Morgan fingerprint density at radius 2 is 1.65 bits per heavy atom. The van der Waals surface area contributed by atoms with Crippen LogP contribution in [0, 0.1) is 5.41 Å². The first-order chi connectivity index (χ1) is 14.8. The van der Waals surface area contributed by atoms with E-state index in [1.54, 1.807) is 0 Å². The molecule has 0 saturated carbocycles. The van der Waals surface area contributed by atoms with Crippen molar-refractivity contribution in [2.75, 3.05) is 31.1 Å². The van der Waals surface area contributed by atoms with Gasteiger partial charge in [-0.05, 0) is 61.4 Å². The van der Waals surface area contributed by atoms with Gasteiger partial charge in [-0.25, -0.2) is 14.8 Å². The highest BCUT2D eigenvalue weighted by atomic mass is 19.4. The molecule has 2 saturated heterocycles. The van der Waals surface area contributed by atoms with Gasteiger partial charge in [0.15, 0.2) is 0 Å². The molecule has 0 aromatic carbocycles. The van der Waals surface area contributed by atoms with Gasteiger partial charge in [-0.1, -0.05) is 0 Å². The largest absolute Gasteiger partial charge is 0.490 e. The van der Waals surface area contributed by atoms with Crippen molar-refractivity contribution in [2.24, 2.45) is 5.41 Å². The molecule has 2 aliphatic heterocycles. The molecule has 0 bridgehead atoms. The number of aromatic nitrogens is 3. The maximum absolute atomic E-state index is 10.6. The molecule has 0 radical (unpaired) electrons. The van der Waals surface area contributed by atoms with Crippen LogP contribution in [0.5, 0.6) is 0 Å². The highest BCUT2D eigenvalue weighted by Gasteiger charge is 2.39. The molecule has 31 heavy (non-hydrogen) atoms. The highest BCUT2D eigenvalue weighted by molar-refractivity contribution is 5.73. The summed E-state index contributed by atoms with van der Waals surface area (Å²) in [5.41, 5.74) is 1.86. The molecule has 0 amide bonds. The van der Waals surface area contributed by atoms with Crippen LogP contribution in [0.25, 0.3) is 0 Å². The van der Waals surface area contributed by atoms with Crippen LogP contribution in [0.2, 0.25) is 0 Å². The predicted octanol–water partition coefficient (Wildman–Crippen LogP) is 3.39. The topological polar surface area (TPSA) is 82.5 Å². The van der Waals surface area contributed by atoms with Gasteiger partial charge in [-0.2, -0.15) is 13.2 Å². The molecule has 2 aliphatic rings. The summed E-state index contributed by atoms with van der Waals surface area (Å²) >= 11 is 0. The molecule has 4 heterocycles. The minimum absolute atomic E-state index is 0.483. The lowest BCUT2D eigenvalue weighted by molar-refractivity contribution is -0.192. The first kappa shape index (κ1) is 22.9. The molecule has 4 rings (SSSR count). The minimum Gasteiger partial charge on any atom is -0.475 e. The van der Waals surface area contributed by atoms with Crippen LogP contribution in [0.4, 0.5) is 19.1 Å². The smallest absolute Gasteiger partial charge is 0.475 e. The van der Waals surface area contributed by atoms with Crippen LogP contribution >= 0.6 is 0 Å². The van der Waals surface area contributed by atoms with E-state index in [2.05, 4.69) is 36.9 Å². The molecule has 168 valence electrons. The standard InChI is InChI=1S/C19H25N5.C2HF3O2/c1-5-19(16-23(12-1)15-17-3-10-20-11-4-17)6-13-24(14-7-19)18-21-8-2-9-22-18;3-2(4,5)1(6)7/h2-4,8-11H,1,5-7,12-16H2;(H,6,7). The number of anilines is 1. The van der Waals surface area contributed by atoms with Crippen molar-refractivity contribution in [1.82, 2.24) is 19.9 Å². The fraction of sp³-hybridized carbons (Fsp3) is 0.524. The summed E-state index contributed by atoms with van der Waals surface area (Å²) in [6.45, 7) is 5.64. The van der Waals surface area contributed by atoms with Gasteiger partial charge >= 0.3 is 12.1 Å². The van der Waals surface area contributed by atoms with Crippen molar-refractivity contribution >= 4 is 11.9 Å². The SMILES string of the molecule is O=C(O)C(F)(F)F.c1cnc(N2CCC3(CCCN(Cc4ccncc4)C3)CC2)nc1. The highest BCUT2D eigenvalue weighted by Crippen LogP contribution is 2.40. The zero-order valence-electron chi connectivity index (χ0n) is 17.1. The molecular weight excluding hydrogens is 411 g/mol. The molecule has 0 unspecified atom stereocenters. The molecule has 2 aromatic heterocycles. The zero-order chi connectivity index (χ0) is 22.3. The fourth-order valence-corrected chi connectivity index (χ4v) is 4.24. The number of carbonyl (C=O) groups is 1. The number of pyridine rings is 1. The van der Waals surface area contributed by atoms with Crippen LogP contribution in [0.15, 0.2) is 43.0 Å². The lowest BCUT2D eigenvalue weighted by Gasteiger charge is -2.47. The lowest BCUT2D eigenvalue weighted by Crippen LogP contribution is -2.49. The number of halogens is 3. The van der Waals surface area contributed by atoms with Crippen molar-refractivity contribution in [3.8, 4) is 0 Å². The number of hydrogen-bond donors (Lipinski definition) is 1. The number of carboxylic acid groups (broad SMARTS) is 1. The van der Waals surface area contributed by atoms with Crippen LogP contribution in [0.3, 0.4) is 0 Å². The van der Waals surface area contributed by atoms with Gasteiger partial charge in [-0.3, -0.25) is 9.88 Å². The van der Waals surface area contributed by atoms with Crippen molar-refractivity contribution in [1.29, 1.82) is 0 Å². The monoisotopic (exact) mass is 437 g/mol. The zero-order valence-corrected chi connectivity index (χ0v) is 17.1. The second-order valence-corrected chi connectivity index (χ2v) is 8.01. The molecule has 0 atom stereocenters. The normalized spacial score (nSPS) is 18.9. The molecule has 10 heteroatoms. The number of likely N-dealkylation sites (tertiary alicyclic amines) is 1. The van der Waals surface area contributed by atoms with Gasteiger partial charge in [0, 0.05) is 51.0 Å². The summed E-state index contributed by atoms with van der Waals surface area (Å²) in [6, 6.07) is 6.15. The minimum atomic E-state index is -5.08. The maximum atomic E-state index is 10.6.